The molecule has 0 saturated carbocycles. The van der Waals surface area contributed by atoms with E-state index in [1.54, 1.807) is 32.4 Å². The molecule has 1 unspecified atom stereocenters. The lowest BCUT2D eigenvalue weighted by Gasteiger charge is -2.25. The number of nitrogens with zero attached hydrogens (tertiary/aromatic N) is 3. The van der Waals surface area contributed by atoms with Crippen LogP contribution in [0.5, 0.6) is 5.75 Å². The van der Waals surface area contributed by atoms with E-state index in [-0.39, 0.29) is 17.0 Å². The number of carbonyl (C=O) groups excluding carboxylic acids is 2. The van der Waals surface area contributed by atoms with E-state index in [2.05, 4.69) is 4.98 Å². The normalized spacial score (nSPS) is 17.8. The van der Waals surface area contributed by atoms with Crippen molar-refractivity contribution in [2.45, 2.75) is 26.3 Å². The second-order valence-electron chi connectivity index (χ2n) is 8.05. The molecule has 1 aliphatic rings. The van der Waals surface area contributed by atoms with Crippen LogP contribution in [0.4, 0.5) is 0 Å². The Hall–Kier alpha value is -3.65. The van der Waals surface area contributed by atoms with Gasteiger partial charge in [0.05, 0.1) is 24.4 Å². The van der Waals surface area contributed by atoms with Gasteiger partial charge in [-0.2, -0.15) is 0 Å². The van der Waals surface area contributed by atoms with Crippen LogP contribution >= 0.6 is 0 Å². The highest BCUT2D eigenvalue weighted by Crippen LogP contribution is 2.40. The predicted octanol–water partition coefficient (Wildman–Crippen LogP) is 3.42. The van der Waals surface area contributed by atoms with Crippen molar-refractivity contribution < 1.29 is 24.2 Å². The smallest absolute Gasteiger partial charge is 0.295 e. The maximum absolute atomic E-state index is 13.2. The number of Topliss-reactive ketones (excluding diaryl/α,β-unsaturated/α-hetero) is 1. The van der Waals surface area contributed by atoms with Crippen LogP contribution in [0.15, 0.2) is 48.2 Å². The number of amides is 1. The van der Waals surface area contributed by atoms with Gasteiger partial charge in [-0.25, -0.2) is 4.98 Å². The highest BCUT2D eigenvalue weighted by molar-refractivity contribution is 6.46. The fourth-order valence-electron chi connectivity index (χ4n) is 4.32. The van der Waals surface area contributed by atoms with Crippen molar-refractivity contribution in [3.05, 3.63) is 70.7 Å². The van der Waals surface area contributed by atoms with Crippen molar-refractivity contribution in [3.63, 3.8) is 0 Å². The van der Waals surface area contributed by atoms with E-state index in [1.807, 2.05) is 42.6 Å². The first-order chi connectivity index (χ1) is 15.9. The average molecular weight is 450 g/mol. The van der Waals surface area contributed by atoms with Crippen molar-refractivity contribution in [1.29, 1.82) is 0 Å². The molecule has 0 aliphatic carbocycles. The van der Waals surface area contributed by atoms with Crippen LogP contribution in [0.25, 0.3) is 11.4 Å². The van der Waals surface area contributed by atoms with Crippen LogP contribution in [-0.4, -0.2) is 58.5 Å². The number of aliphatic hydroxyl groups excluding tert-OH is 1. The predicted molar refractivity (Wildman–Crippen MR) is 123 cm³/mol. The van der Waals surface area contributed by atoms with Crippen LogP contribution in [-0.2, 0) is 14.3 Å². The molecule has 8 heteroatoms. The summed E-state index contributed by atoms with van der Waals surface area (Å²) in [4.78, 5) is 32.3. The maximum atomic E-state index is 13.2. The van der Waals surface area contributed by atoms with Gasteiger partial charge in [0.1, 0.15) is 17.1 Å². The van der Waals surface area contributed by atoms with Crippen molar-refractivity contribution in [2.24, 2.45) is 0 Å². The third kappa shape index (κ3) is 3.87. The van der Waals surface area contributed by atoms with Gasteiger partial charge in [0, 0.05) is 26.5 Å². The molecule has 1 saturated heterocycles. The lowest BCUT2D eigenvalue weighted by Crippen LogP contribution is -2.31. The van der Waals surface area contributed by atoms with E-state index in [0.29, 0.717) is 42.2 Å². The van der Waals surface area contributed by atoms with Gasteiger partial charge in [0.2, 0.25) is 0 Å². The van der Waals surface area contributed by atoms with Crippen molar-refractivity contribution in [1.82, 2.24) is 14.3 Å². The minimum atomic E-state index is -0.762. The van der Waals surface area contributed by atoms with Gasteiger partial charge in [0.15, 0.2) is 5.76 Å². The summed E-state index contributed by atoms with van der Waals surface area (Å²) in [5.41, 5.74) is 3.28. The van der Waals surface area contributed by atoms with E-state index < -0.39 is 17.7 Å². The Labute approximate surface area is 192 Å². The fraction of sp³-hybridized carbons (Fsp3) is 0.320. The first-order valence-electron chi connectivity index (χ1n) is 10.7. The molecule has 1 aromatic carbocycles. The molecular formula is C25H27N3O5. The van der Waals surface area contributed by atoms with E-state index in [1.165, 1.54) is 4.90 Å². The molecule has 3 aromatic rings. The number of carbonyl (C=O) groups is 2. The van der Waals surface area contributed by atoms with Crippen LogP contribution in [0.3, 0.4) is 0 Å². The summed E-state index contributed by atoms with van der Waals surface area (Å²) in [5, 5.41) is 11.4. The zero-order valence-electron chi connectivity index (χ0n) is 19.2. The summed E-state index contributed by atoms with van der Waals surface area (Å²) in [5.74, 6) is -1.07. The molecule has 1 N–H and O–H groups in total. The van der Waals surface area contributed by atoms with Gasteiger partial charge in [0.25, 0.3) is 11.7 Å². The molecule has 1 atom stereocenters. The van der Waals surface area contributed by atoms with E-state index in [9.17, 15) is 14.7 Å². The molecule has 8 nitrogen and oxygen atoms in total. The molecule has 1 amide bonds. The summed E-state index contributed by atoms with van der Waals surface area (Å²) in [7, 11) is 3.14. The van der Waals surface area contributed by atoms with Crippen LogP contribution in [0.2, 0.25) is 0 Å². The third-order valence-corrected chi connectivity index (χ3v) is 6.01. The molecule has 1 aliphatic heterocycles. The van der Waals surface area contributed by atoms with Gasteiger partial charge in [-0.05, 0) is 49.6 Å². The van der Waals surface area contributed by atoms with Crippen molar-refractivity contribution >= 4 is 23.1 Å². The number of aryl methyl sites for hydroxylation is 2. The number of imidazole rings is 1. The van der Waals surface area contributed by atoms with Gasteiger partial charge in [-0.1, -0.05) is 18.2 Å². The van der Waals surface area contributed by atoms with E-state index in [4.69, 9.17) is 9.47 Å². The minimum Gasteiger partial charge on any atom is -0.505 e. The number of hydrogen-bond donors (Lipinski definition) is 1. The number of pyridine rings is 1. The van der Waals surface area contributed by atoms with E-state index >= 15 is 0 Å². The minimum absolute atomic E-state index is 0.0230. The second-order valence-corrected chi connectivity index (χ2v) is 8.05. The number of likely N-dealkylation sites (tertiary alicyclic amines) is 1. The Bertz CT molecular complexity index is 1260. The number of methoxy groups -OCH3 is 2. The standard InChI is InChI=1S/C25H27N3O5/c1-15-8-6-11-27-16(2)20(26-24(15)27)22(29)19-21(17-9-5-10-18(14-17)33-4)28(12-7-13-32-3)25(31)23(19)30/h5-6,8-11,14,21,29H,7,12-13H2,1-4H3. The Morgan fingerprint density at radius 2 is 1.94 bits per heavy atom. The number of aromatic nitrogens is 2. The highest BCUT2D eigenvalue weighted by atomic mass is 16.5. The fourth-order valence-corrected chi connectivity index (χ4v) is 4.32. The zero-order valence-corrected chi connectivity index (χ0v) is 19.2. The van der Waals surface area contributed by atoms with E-state index in [0.717, 1.165) is 5.56 Å². The lowest BCUT2D eigenvalue weighted by molar-refractivity contribution is -0.140. The molecule has 4 rings (SSSR count). The Kier molecular flexibility index (Phi) is 6.20. The molecule has 0 bridgehead atoms. The van der Waals surface area contributed by atoms with Crippen molar-refractivity contribution in [2.75, 3.05) is 27.4 Å². The Balaban J connectivity index is 1.91. The topological polar surface area (TPSA) is 93.4 Å². The largest absolute Gasteiger partial charge is 0.505 e. The quantitative estimate of drug-likeness (QED) is 0.257. The van der Waals surface area contributed by atoms with Crippen LogP contribution in [0, 0.1) is 13.8 Å². The Morgan fingerprint density at radius 3 is 2.64 bits per heavy atom. The first-order valence-corrected chi connectivity index (χ1v) is 10.7. The van der Waals surface area contributed by atoms with Crippen molar-refractivity contribution in [3.8, 4) is 5.75 Å². The number of hydrogen-bond acceptors (Lipinski definition) is 6. The highest BCUT2D eigenvalue weighted by Gasteiger charge is 2.46. The van der Waals surface area contributed by atoms with Gasteiger partial charge in [-0.3, -0.25) is 9.59 Å². The first kappa shape index (κ1) is 22.5. The third-order valence-electron chi connectivity index (χ3n) is 6.01. The molecule has 33 heavy (non-hydrogen) atoms. The summed E-state index contributed by atoms with van der Waals surface area (Å²) >= 11 is 0. The van der Waals surface area contributed by atoms with Crippen LogP contribution in [0.1, 0.15) is 35.0 Å². The number of ketones is 1. The number of benzene rings is 1. The summed E-state index contributed by atoms with van der Waals surface area (Å²) in [6.45, 7) is 4.50. The molecule has 2 aromatic heterocycles. The Morgan fingerprint density at radius 1 is 1.15 bits per heavy atom. The number of ether oxygens (including phenoxy) is 2. The summed E-state index contributed by atoms with van der Waals surface area (Å²) in [6.07, 6.45) is 2.40. The number of fused-ring (bicyclic) bond motifs is 1. The monoisotopic (exact) mass is 449 g/mol. The average Bonchev–Trinajstić information content (AvgIpc) is 3.29. The lowest BCUT2D eigenvalue weighted by atomic mass is 9.96. The molecule has 1 fully saturated rings. The molecule has 0 spiro atoms. The van der Waals surface area contributed by atoms with Gasteiger partial charge >= 0.3 is 0 Å². The zero-order chi connectivity index (χ0) is 23.7. The van der Waals surface area contributed by atoms with Gasteiger partial charge < -0.3 is 23.9 Å². The molecular weight excluding hydrogens is 422 g/mol. The number of aliphatic hydroxyl groups is 1. The molecule has 0 radical (unpaired) electrons. The summed E-state index contributed by atoms with van der Waals surface area (Å²) < 4.78 is 12.3. The van der Waals surface area contributed by atoms with Gasteiger partial charge in [-0.15, -0.1) is 0 Å². The molecule has 3 heterocycles. The second kappa shape index (κ2) is 9.07. The van der Waals surface area contributed by atoms with Crippen LogP contribution < -0.4 is 4.74 Å². The summed E-state index contributed by atoms with van der Waals surface area (Å²) in [6, 6.07) is 10.2. The number of rotatable bonds is 7. The SMILES string of the molecule is COCCCN1C(=O)C(=O)C(=C(O)c2nc3c(C)cccn3c2C)C1c1cccc(OC)c1. The maximum Gasteiger partial charge on any atom is 0.295 e. The molecule has 172 valence electrons.